The average molecular weight is 197 g/mol. The molecule has 11 heavy (non-hydrogen) atoms. The van der Waals surface area contributed by atoms with Crippen LogP contribution in [0.25, 0.3) is 0 Å². The van der Waals surface area contributed by atoms with E-state index in [1.54, 1.807) is 0 Å². The van der Waals surface area contributed by atoms with E-state index in [0.29, 0.717) is 6.42 Å². The lowest BCUT2D eigenvalue weighted by Gasteiger charge is -1.93. The van der Waals surface area contributed by atoms with E-state index < -0.39 is 10.0 Å². The largest absolute Gasteiger partial charge is 0.265 e. The highest BCUT2D eigenvalue weighted by molar-refractivity contribution is 7.93. The van der Waals surface area contributed by atoms with Crippen molar-refractivity contribution in [3.05, 3.63) is 0 Å². The first-order chi connectivity index (χ1) is 5.12. The van der Waals surface area contributed by atoms with Gasteiger partial charge in [0.15, 0.2) is 0 Å². The third-order valence-corrected chi connectivity index (χ3v) is 3.11. The van der Waals surface area contributed by atoms with Crippen LogP contribution in [0.3, 0.4) is 0 Å². The standard InChI is InChI=1S/C5H11NO3S2/c1-2-3-4-5-11(8,9)6-10-7/h2-5H2,1H3. The van der Waals surface area contributed by atoms with Crippen LogP contribution in [0.2, 0.25) is 0 Å². The van der Waals surface area contributed by atoms with E-state index in [-0.39, 0.29) is 17.2 Å². The van der Waals surface area contributed by atoms with Gasteiger partial charge in [-0.2, -0.15) is 4.21 Å². The molecule has 0 radical (unpaired) electrons. The van der Waals surface area contributed by atoms with Gasteiger partial charge in [0.1, 0.15) is 0 Å². The van der Waals surface area contributed by atoms with Crippen LogP contribution in [-0.4, -0.2) is 18.4 Å². The van der Waals surface area contributed by atoms with Gasteiger partial charge in [-0.3, -0.25) is 0 Å². The van der Waals surface area contributed by atoms with Crippen LogP contribution in [-0.2, 0) is 21.5 Å². The predicted molar refractivity (Wildman–Crippen MR) is 43.9 cm³/mol. The fourth-order valence-electron chi connectivity index (χ4n) is 0.618. The van der Waals surface area contributed by atoms with Gasteiger partial charge < -0.3 is 0 Å². The Hall–Kier alpha value is -0.230. The highest BCUT2D eigenvalue weighted by Gasteiger charge is 2.05. The molecule has 0 aliphatic rings. The molecule has 0 rings (SSSR count). The molecule has 0 saturated heterocycles. The lowest BCUT2D eigenvalue weighted by molar-refractivity contribution is 0.593. The zero-order valence-electron chi connectivity index (χ0n) is 6.32. The van der Waals surface area contributed by atoms with E-state index in [4.69, 9.17) is 0 Å². The smallest absolute Gasteiger partial charge is 0.204 e. The fourth-order valence-corrected chi connectivity index (χ4v) is 1.86. The van der Waals surface area contributed by atoms with Crippen molar-refractivity contribution in [2.75, 3.05) is 5.75 Å². The maximum atomic E-state index is 10.7. The molecular formula is C5H11NO3S2. The molecule has 0 saturated carbocycles. The third-order valence-electron chi connectivity index (χ3n) is 1.15. The maximum absolute atomic E-state index is 10.7. The number of nitrogens with zero attached hydrogens (tertiary/aromatic N) is 1. The van der Waals surface area contributed by atoms with Gasteiger partial charge >= 0.3 is 0 Å². The summed E-state index contributed by atoms with van der Waals surface area (Å²) in [5.74, 6) is -0.00389. The van der Waals surface area contributed by atoms with Crippen LogP contribution in [0.4, 0.5) is 0 Å². The summed E-state index contributed by atoms with van der Waals surface area (Å²) in [5.41, 5.74) is 0. The van der Waals surface area contributed by atoms with E-state index >= 15 is 0 Å². The van der Waals surface area contributed by atoms with Crippen molar-refractivity contribution in [2.45, 2.75) is 26.2 Å². The fraction of sp³-hybridized carbons (Fsp3) is 1.00. The molecule has 0 spiro atoms. The van der Waals surface area contributed by atoms with Crippen LogP contribution < -0.4 is 0 Å². The normalized spacial score (nSPS) is 11.0. The van der Waals surface area contributed by atoms with Crippen molar-refractivity contribution in [2.24, 2.45) is 3.77 Å². The van der Waals surface area contributed by atoms with E-state index in [1.807, 2.05) is 6.92 Å². The third kappa shape index (κ3) is 6.18. The van der Waals surface area contributed by atoms with Crippen LogP contribution >= 0.6 is 0 Å². The first kappa shape index (κ1) is 10.8. The van der Waals surface area contributed by atoms with E-state index in [0.717, 1.165) is 12.8 Å². The second kappa shape index (κ2) is 5.42. The van der Waals surface area contributed by atoms with Crippen molar-refractivity contribution >= 4 is 21.5 Å². The van der Waals surface area contributed by atoms with Gasteiger partial charge in [-0.05, 0) is 6.42 Å². The summed E-state index contributed by atoms with van der Waals surface area (Å²) in [6.45, 7) is 1.98. The second-order valence-electron chi connectivity index (χ2n) is 2.14. The van der Waals surface area contributed by atoms with Gasteiger partial charge in [0.05, 0.1) is 5.75 Å². The average Bonchev–Trinajstić information content (AvgIpc) is 1.87. The molecule has 6 heteroatoms. The van der Waals surface area contributed by atoms with Crippen molar-refractivity contribution in [1.29, 1.82) is 0 Å². The molecule has 66 valence electrons. The summed E-state index contributed by atoms with van der Waals surface area (Å²) in [4.78, 5) is 0. The Morgan fingerprint density at radius 3 is 2.45 bits per heavy atom. The highest BCUT2D eigenvalue weighted by atomic mass is 32.2. The second-order valence-corrected chi connectivity index (χ2v) is 4.46. The Morgan fingerprint density at radius 2 is 2.00 bits per heavy atom. The Kier molecular flexibility index (Phi) is 5.31. The van der Waals surface area contributed by atoms with Crippen molar-refractivity contribution in [3.63, 3.8) is 0 Å². The van der Waals surface area contributed by atoms with Crippen molar-refractivity contribution in [1.82, 2.24) is 0 Å². The molecule has 0 bridgehead atoms. The number of hydrogen-bond acceptors (Lipinski definition) is 3. The van der Waals surface area contributed by atoms with Crippen molar-refractivity contribution in [3.8, 4) is 0 Å². The molecule has 0 unspecified atom stereocenters. The van der Waals surface area contributed by atoms with Crippen LogP contribution in [0.1, 0.15) is 26.2 Å². The molecule has 4 nitrogen and oxygen atoms in total. The van der Waals surface area contributed by atoms with Gasteiger partial charge in [0.25, 0.3) is 10.0 Å². The molecule has 0 aromatic heterocycles. The van der Waals surface area contributed by atoms with Crippen LogP contribution in [0, 0.1) is 0 Å². The van der Waals surface area contributed by atoms with Gasteiger partial charge in [-0.1, -0.05) is 23.5 Å². The van der Waals surface area contributed by atoms with Gasteiger partial charge in [-0.25, -0.2) is 8.42 Å². The summed E-state index contributed by atoms with van der Waals surface area (Å²) in [7, 11) is -3.43. The Morgan fingerprint density at radius 1 is 1.36 bits per heavy atom. The summed E-state index contributed by atoms with van der Waals surface area (Å²) < 4.78 is 34.0. The Bertz CT molecular complexity index is 240. The minimum Gasteiger partial charge on any atom is -0.204 e. The zero-order valence-corrected chi connectivity index (χ0v) is 7.95. The number of rotatable bonds is 5. The van der Waals surface area contributed by atoms with Crippen LogP contribution in [0.15, 0.2) is 3.77 Å². The van der Waals surface area contributed by atoms with Gasteiger partial charge in [0.2, 0.25) is 11.5 Å². The highest BCUT2D eigenvalue weighted by Crippen LogP contribution is 2.00. The minimum absolute atomic E-state index is 0.00389. The quantitative estimate of drug-likeness (QED) is 0.615. The SMILES string of the molecule is CCCCCS(=O)(=O)N=S=O. The lowest BCUT2D eigenvalue weighted by Crippen LogP contribution is -2.00. The molecule has 0 N–H and O–H groups in total. The van der Waals surface area contributed by atoms with E-state index in [2.05, 4.69) is 3.77 Å². The summed E-state index contributed by atoms with van der Waals surface area (Å²) >= 11 is -0.246. The van der Waals surface area contributed by atoms with Crippen molar-refractivity contribution < 1.29 is 12.6 Å². The van der Waals surface area contributed by atoms with E-state index in [9.17, 15) is 12.6 Å². The topological polar surface area (TPSA) is 63.6 Å². The monoisotopic (exact) mass is 197 g/mol. The molecule has 0 aromatic carbocycles. The van der Waals surface area contributed by atoms with E-state index in [1.165, 1.54) is 0 Å². The maximum Gasteiger partial charge on any atom is 0.265 e. The summed E-state index contributed by atoms with van der Waals surface area (Å²) in [6, 6.07) is 0. The molecule has 0 atom stereocenters. The van der Waals surface area contributed by atoms with Gasteiger partial charge in [0, 0.05) is 0 Å². The molecule has 0 aliphatic heterocycles. The molecule has 0 fully saturated rings. The first-order valence-corrected chi connectivity index (χ1v) is 5.67. The number of sulfonamides is 1. The number of hydrogen-bond donors (Lipinski definition) is 0. The summed E-state index contributed by atoms with van der Waals surface area (Å²) in [6.07, 6.45) is 2.40. The molecule has 0 aromatic rings. The molecular weight excluding hydrogens is 186 g/mol. The molecule has 0 heterocycles. The minimum atomic E-state index is -3.43. The summed E-state index contributed by atoms with van der Waals surface area (Å²) in [5, 5.41) is 0. The zero-order chi connectivity index (χ0) is 8.74. The lowest BCUT2D eigenvalue weighted by atomic mass is 10.3. The predicted octanol–water partition coefficient (Wildman–Crippen LogP) is 0.903. The number of unbranched alkanes of at least 4 members (excludes halogenated alkanes) is 2. The first-order valence-electron chi connectivity index (χ1n) is 3.36. The van der Waals surface area contributed by atoms with Crippen LogP contribution in [0.5, 0.6) is 0 Å². The Labute approximate surface area is 70.3 Å². The Balaban J connectivity index is 3.84. The molecule has 0 amide bonds. The van der Waals surface area contributed by atoms with Gasteiger partial charge in [-0.15, -0.1) is 0 Å². The molecule has 0 aliphatic carbocycles.